The van der Waals surface area contributed by atoms with Crippen molar-refractivity contribution in [2.75, 3.05) is 25.9 Å². The lowest BCUT2D eigenvalue weighted by molar-refractivity contribution is 0.133. The molecule has 4 aromatic rings. The van der Waals surface area contributed by atoms with Crippen LogP contribution in [0.4, 0.5) is 5.95 Å². The molecule has 1 aliphatic rings. The minimum atomic E-state index is 0.295. The third-order valence-electron chi connectivity index (χ3n) is 4.90. The normalized spacial score (nSPS) is 15.3. The highest BCUT2D eigenvalue weighted by molar-refractivity contribution is 5.95. The van der Waals surface area contributed by atoms with Crippen LogP contribution in [-0.2, 0) is 6.54 Å². The molecule has 0 spiro atoms. The molecule has 4 heterocycles. The quantitative estimate of drug-likeness (QED) is 0.578. The third-order valence-corrected chi connectivity index (χ3v) is 4.90. The van der Waals surface area contributed by atoms with Crippen LogP contribution in [0.5, 0.6) is 5.75 Å². The van der Waals surface area contributed by atoms with Crippen molar-refractivity contribution < 1.29 is 4.74 Å². The molecule has 1 aliphatic heterocycles. The van der Waals surface area contributed by atoms with Gasteiger partial charge in [-0.25, -0.2) is 19.9 Å². The number of rotatable bonds is 4. The smallest absolute Gasteiger partial charge is 0.223 e. The number of nitrogens with two attached hydrogens (primary N) is 1. The van der Waals surface area contributed by atoms with Gasteiger partial charge in [-0.1, -0.05) is 6.07 Å². The summed E-state index contributed by atoms with van der Waals surface area (Å²) < 4.78 is 6.99. The second-order valence-electron chi connectivity index (χ2n) is 6.62. The molecule has 0 aliphatic carbocycles. The SMILES string of the molecule is COc1cccc2c1nc(N)n1nc(CN3CC(c4ccncn4)C3)nc21. The molecule has 1 fully saturated rings. The summed E-state index contributed by atoms with van der Waals surface area (Å²) in [5, 5.41) is 5.41. The molecule has 2 N–H and O–H groups in total. The van der Waals surface area contributed by atoms with E-state index < -0.39 is 0 Å². The molecule has 0 amide bonds. The molecule has 0 radical (unpaired) electrons. The predicted octanol–water partition coefficient (Wildman–Crippen LogP) is 1.26. The molecule has 136 valence electrons. The molecule has 1 saturated heterocycles. The van der Waals surface area contributed by atoms with Crippen LogP contribution in [0.1, 0.15) is 17.4 Å². The molecule has 3 aromatic heterocycles. The van der Waals surface area contributed by atoms with E-state index in [2.05, 4.69) is 25.0 Å². The van der Waals surface area contributed by atoms with Crippen LogP contribution in [0.25, 0.3) is 16.6 Å². The Morgan fingerprint density at radius 1 is 1.22 bits per heavy atom. The third kappa shape index (κ3) is 2.63. The molecule has 5 rings (SSSR count). The Morgan fingerprint density at radius 2 is 2.11 bits per heavy atom. The van der Waals surface area contributed by atoms with Crippen LogP contribution in [0, 0.1) is 0 Å². The van der Waals surface area contributed by atoms with Crippen LogP contribution in [0.3, 0.4) is 0 Å². The van der Waals surface area contributed by atoms with E-state index in [1.54, 1.807) is 24.1 Å². The van der Waals surface area contributed by atoms with Crippen molar-refractivity contribution in [2.45, 2.75) is 12.5 Å². The minimum absolute atomic E-state index is 0.295. The number of para-hydroxylation sites is 1. The van der Waals surface area contributed by atoms with Crippen molar-refractivity contribution in [1.29, 1.82) is 0 Å². The van der Waals surface area contributed by atoms with Crippen LogP contribution in [0.15, 0.2) is 36.8 Å². The zero-order chi connectivity index (χ0) is 18.4. The number of aromatic nitrogens is 6. The van der Waals surface area contributed by atoms with E-state index in [9.17, 15) is 0 Å². The van der Waals surface area contributed by atoms with Crippen molar-refractivity contribution in [1.82, 2.24) is 34.4 Å². The number of nitrogens with zero attached hydrogens (tertiary/aromatic N) is 7. The maximum absolute atomic E-state index is 6.10. The van der Waals surface area contributed by atoms with Crippen LogP contribution >= 0.6 is 0 Å². The van der Waals surface area contributed by atoms with E-state index in [0.29, 0.717) is 35.3 Å². The van der Waals surface area contributed by atoms with Gasteiger partial charge in [-0.15, -0.1) is 5.10 Å². The van der Waals surface area contributed by atoms with Gasteiger partial charge in [-0.3, -0.25) is 4.90 Å². The molecule has 0 unspecified atom stereocenters. The van der Waals surface area contributed by atoms with Gasteiger partial charge in [0.1, 0.15) is 17.6 Å². The lowest BCUT2D eigenvalue weighted by Gasteiger charge is -2.38. The number of ether oxygens (including phenoxy) is 1. The van der Waals surface area contributed by atoms with Gasteiger partial charge >= 0.3 is 0 Å². The summed E-state index contributed by atoms with van der Waals surface area (Å²) in [6, 6.07) is 7.69. The summed E-state index contributed by atoms with van der Waals surface area (Å²) in [6.45, 7) is 2.51. The molecule has 0 atom stereocenters. The molecule has 27 heavy (non-hydrogen) atoms. The molecular weight excluding hydrogens is 344 g/mol. The van der Waals surface area contributed by atoms with Crippen molar-refractivity contribution in [3.8, 4) is 5.75 Å². The molecule has 0 bridgehead atoms. The molecular formula is C18H18N8O. The minimum Gasteiger partial charge on any atom is -0.494 e. The zero-order valence-corrected chi connectivity index (χ0v) is 14.8. The largest absolute Gasteiger partial charge is 0.494 e. The summed E-state index contributed by atoms with van der Waals surface area (Å²) in [4.78, 5) is 19.7. The van der Waals surface area contributed by atoms with Gasteiger partial charge in [0.05, 0.1) is 13.7 Å². The Morgan fingerprint density at radius 3 is 2.89 bits per heavy atom. The second-order valence-corrected chi connectivity index (χ2v) is 6.62. The number of anilines is 1. The Bertz CT molecular complexity index is 1120. The van der Waals surface area contributed by atoms with Crippen LogP contribution < -0.4 is 10.5 Å². The van der Waals surface area contributed by atoms with E-state index in [4.69, 9.17) is 15.5 Å². The van der Waals surface area contributed by atoms with E-state index in [1.807, 2.05) is 24.3 Å². The Kier molecular flexibility index (Phi) is 3.61. The maximum Gasteiger partial charge on any atom is 0.223 e. The first-order valence-electron chi connectivity index (χ1n) is 8.69. The summed E-state index contributed by atoms with van der Waals surface area (Å²) in [5.41, 5.74) is 8.57. The molecule has 9 nitrogen and oxygen atoms in total. The van der Waals surface area contributed by atoms with Gasteiger partial charge in [-0.2, -0.15) is 4.52 Å². The molecule has 1 aromatic carbocycles. The molecule has 9 heteroatoms. The summed E-state index contributed by atoms with van der Waals surface area (Å²) in [6.07, 6.45) is 3.38. The van der Waals surface area contributed by atoms with Crippen molar-refractivity contribution >= 4 is 22.5 Å². The standard InChI is InChI=1S/C18H18N8O/c1-27-14-4-2-3-12-16(14)23-18(19)26-17(12)22-15(24-26)9-25-7-11(8-25)13-5-6-20-10-21-13/h2-6,10-11H,7-9H2,1H3,(H2,19,23). The van der Waals surface area contributed by atoms with E-state index in [0.717, 1.165) is 30.0 Å². The number of methoxy groups -OCH3 is 1. The first-order valence-corrected chi connectivity index (χ1v) is 8.69. The van der Waals surface area contributed by atoms with Gasteiger partial charge in [0.25, 0.3) is 0 Å². The Balaban J connectivity index is 1.42. The fourth-order valence-electron chi connectivity index (χ4n) is 3.53. The van der Waals surface area contributed by atoms with Crippen molar-refractivity contribution in [3.05, 3.63) is 48.3 Å². The Hall–Kier alpha value is -3.33. The van der Waals surface area contributed by atoms with Crippen LogP contribution in [-0.4, -0.2) is 54.6 Å². The number of nitrogen functional groups attached to an aromatic ring is 1. The number of fused-ring (bicyclic) bond motifs is 3. The fraction of sp³-hybridized carbons (Fsp3) is 0.278. The first kappa shape index (κ1) is 15.9. The van der Waals surface area contributed by atoms with Gasteiger partial charge < -0.3 is 10.5 Å². The maximum atomic E-state index is 6.10. The fourth-order valence-corrected chi connectivity index (χ4v) is 3.53. The number of hydrogen-bond donors (Lipinski definition) is 1. The van der Waals surface area contributed by atoms with Gasteiger partial charge in [0.15, 0.2) is 11.5 Å². The van der Waals surface area contributed by atoms with Crippen molar-refractivity contribution in [3.63, 3.8) is 0 Å². The van der Waals surface area contributed by atoms with Gasteiger partial charge in [0.2, 0.25) is 5.95 Å². The first-order chi connectivity index (χ1) is 13.2. The average Bonchev–Trinajstić information content (AvgIpc) is 3.10. The van der Waals surface area contributed by atoms with E-state index >= 15 is 0 Å². The summed E-state index contributed by atoms with van der Waals surface area (Å²) in [5.74, 6) is 2.12. The zero-order valence-electron chi connectivity index (χ0n) is 14.8. The van der Waals surface area contributed by atoms with E-state index in [-0.39, 0.29) is 0 Å². The lowest BCUT2D eigenvalue weighted by atomic mass is 9.96. The highest BCUT2D eigenvalue weighted by atomic mass is 16.5. The van der Waals surface area contributed by atoms with Crippen LogP contribution in [0.2, 0.25) is 0 Å². The average molecular weight is 362 g/mol. The highest BCUT2D eigenvalue weighted by Crippen LogP contribution is 2.29. The number of benzene rings is 1. The van der Waals surface area contributed by atoms with Crippen molar-refractivity contribution in [2.24, 2.45) is 0 Å². The second kappa shape index (κ2) is 6.13. The topological polar surface area (TPSA) is 107 Å². The monoisotopic (exact) mass is 362 g/mol. The highest BCUT2D eigenvalue weighted by Gasteiger charge is 2.30. The van der Waals surface area contributed by atoms with E-state index in [1.165, 1.54) is 0 Å². The van der Waals surface area contributed by atoms with Gasteiger partial charge in [-0.05, 0) is 18.2 Å². The Labute approximate surface area is 154 Å². The molecule has 0 saturated carbocycles. The predicted molar refractivity (Wildman–Crippen MR) is 99.3 cm³/mol. The summed E-state index contributed by atoms with van der Waals surface area (Å²) in [7, 11) is 1.62. The number of hydrogen-bond acceptors (Lipinski definition) is 8. The summed E-state index contributed by atoms with van der Waals surface area (Å²) >= 11 is 0. The van der Waals surface area contributed by atoms with Gasteiger partial charge in [0, 0.05) is 36.3 Å². The lowest BCUT2D eigenvalue weighted by Crippen LogP contribution is -2.44. The number of likely N-dealkylation sites (tertiary alicyclic amines) is 1.